The lowest BCUT2D eigenvalue weighted by molar-refractivity contribution is -0.112. The van der Waals surface area contributed by atoms with Crippen molar-refractivity contribution in [3.8, 4) is 11.8 Å². The number of nitrogens with zero attached hydrogens (tertiary/aromatic N) is 2. The summed E-state index contributed by atoms with van der Waals surface area (Å²) in [6.07, 6.45) is 1.59. The van der Waals surface area contributed by atoms with Gasteiger partial charge < -0.3 is 14.6 Å². The van der Waals surface area contributed by atoms with Crippen LogP contribution in [0, 0.1) is 32.1 Å². The molecule has 0 bridgehead atoms. The third-order valence-electron chi connectivity index (χ3n) is 5.08. The largest absolute Gasteiger partial charge is 0.462 e. The molecule has 2 aromatic carbocycles. The summed E-state index contributed by atoms with van der Waals surface area (Å²) in [5.41, 5.74) is 5.68. The molecular weight excluding hydrogens is 402 g/mol. The van der Waals surface area contributed by atoms with E-state index in [1.165, 1.54) is 0 Å². The first-order valence-corrected chi connectivity index (χ1v) is 10.3. The molecule has 6 nitrogen and oxygen atoms in total. The summed E-state index contributed by atoms with van der Waals surface area (Å²) in [5.74, 6) is -0.818. The minimum Gasteiger partial charge on any atom is -0.462 e. The van der Waals surface area contributed by atoms with Crippen molar-refractivity contribution in [2.75, 3.05) is 11.9 Å². The van der Waals surface area contributed by atoms with Crippen LogP contribution in [0.2, 0.25) is 0 Å². The van der Waals surface area contributed by atoms with Gasteiger partial charge in [-0.25, -0.2) is 4.79 Å². The number of nitrogens with one attached hydrogen (secondary N) is 1. The van der Waals surface area contributed by atoms with Crippen LogP contribution >= 0.6 is 0 Å². The number of rotatable bonds is 6. The molecule has 0 fully saturated rings. The van der Waals surface area contributed by atoms with Crippen molar-refractivity contribution in [3.05, 3.63) is 88.2 Å². The van der Waals surface area contributed by atoms with Crippen LogP contribution < -0.4 is 5.32 Å². The highest BCUT2D eigenvalue weighted by Crippen LogP contribution is 2.24. The van der Waals surface area contributed by atoms with E-state index in [-0.39, 0.29) is 11.5 Å². The summed E-state index contributed by atoms with van der Waals surface area (Å²) in [6, 6.07) is 18.4. The highest BCUT2D eigenvalue weighted by molar-refractivity contribution is 6.09. The minimum absolute atomic E-state index is 0.0171. The standard InChI is InChI=1S/C26H25N3O3/c1-5-32-26(31)20-8-12-24(13-9-20)29-18(3)14-21(19(29)4)15-22(16-27)25(30)28-23-10-6-17(2)7-11-23/h6-15H,5H2,1-4H3,(H,28,30)/b22-15-. The molecule has 0 radical (unpaired) electrons. The second-order valence-electron chi connectivity index (χ2n) is 7.42. The van der Waals surface area contributed by atoms with Gasteiger partial charge in [0.15, 0.2) is 0 Å². The topological polar surface area (TPSA) is 84.1 Å². The fraction of sp³-hybridized carbons (Fsp3) is 0.192. The first-order valence-electron chi connectivity index (χ1n) is 10.3. The van der Waals surface area contributed by atoms with E-state index in [1.807, 2.05) is 61.7 Å². The number of carbonyl (C=O) groups is 2. The number of aryl methyl sites for hydroxylation is 2. The lowest BCUT2D eigenvalue weighted by Crippen LogP contribution is -2.13. The predicted octanol–water partition coefficient (Wildman–Crippen LogP) is 5.12. The van der Waals surface area contributed by atoms with Gasteiger partial charge in [0, 0.05) is 22.8 Å². The molecule has 1 N–H and O–H groups in total. The van der Waals surface area contributed by atoms with Crippen LogP contribution in [0.5, 0.6) is 0 Å². The van der Waals surface area contributed by atoms with Crippen molar-refractivity contribution in [1.82, 2.24) is 4.57 Å². The Balaban J connectivity index is 1.87. The van der Waals surface area contributed by atoms with Crippen LogP contribution in [0.4, 0.5) is 5.69 Å². The number of aromatic nitrogens is 1. The van der Waals surface area contributed by atoms with Gasteiger partial charge in [-0.15, -0.1) is 0 Å². The fourth-order valence-electron chi connectivity index (χ4n) is 3.43. The van der Waals surface area contributed by atoms with Crippen molar-refractivity contribution in [2.45, 2.75) is 27.7 Å². The number of benzene rings is 2. The number of nitriles is 1. The van der Waals surface area contributed by atoms with Crippen LogP contribution in [0.25, 0.3) is 11.8 Å². The maximum Gasteiger partial charge on any atom is 0.338 e. The Morgan fingerprint density at radius 3 is 2.31 bits per heavy atom. The smallest absolute Gasteiger partial charge is 0.338 e. The summed E-state index contributed by atoms with van der Waals surface area (Å²) in [5, 5.41) is 12.3. The molecule has 0 aliphatic heterocycles. The Hall–Kier alpha value is -4.11. The fourth-order valence-corrected chi connectivity index (χ4v) is 3.43. The minimum atomic E-state index is -0.458. The van der Waals surface area contributed by atoms with Crippen molar-refractivity contribution in [1.29, 1.82) is 5.26 Å². The van der Waals surface area contributed by atoms with Gasteiger partial charge in [-0.3, -0.25) is 4.79 Å². The zero-order valence-electron chi connectivity index (χ0n) is 18.6. The number of ether oxygens (including phenoxy) is 1. The Bertz CT molecular complexity index is 1210. The maximum absolute atomic E-state index is 12.6. The van der Waals surface area contributed by atoms with Crippen molar-refractivity contribution in [2.24, 2.45) is 0 Å². The number of amides is 1. The van der Waals surface area contributed by atoms with E-state index < -0.39 is 5.91 Å². The SMILES string of the molecule is CCOC(=O)c1ccc(-n2c(C)cc(/C=C(/C#N)C(=O)Nc3ccc(C)cc3)c2C)cc1. The van der Waals surface area contributed by atoms with Gasteiger partial charge in [-0.2, -0.15) is 5.26 Å². The molecule has 0 unspecified atom stereocenters. The Kier molecular flexibility index (Phi) is 6.91. The molecule has 0 aliphatic carbocycles. The molecule has 162 valence electrons. The third kappa shape index (κ3) is 4.96. The Morgan fingerprint density at radius 1 is 1.06 bits per heavy atom. The molecular formula is C26H25N3O3. The monoisotopic (exact) mass is 427 g/mol. The van der Waals surface area contributed by atoms with Crippen LogP contribution in [0.3, 0.4) is 0 Å². The maximum atomic E-state index is 12.6. The van der Waals surface area contributed by atoms with E-state index in [9.17, 15) is 14.9 Å². The number of esters is 1. The second-order valence-corrected chi connectivity index (χ2v) is 7.42. The van der Waals surface area contributed by atoms with Gasteiger partial charge in [0.05, 0.1) is 12.2 Å². The quantitative estimate of drug-likeness (QED) is 0.336. The molecule has 3 aromatic rings. The highest BCUT2D eigenvalue weighted by atomic mass is 16.5. The summed E-state index contributed by atoms with van der Waals surface area (Å²) >= 11 is 0. The van der Waals surface area contributed by atoms with Gasteiger partial charge in [0.25, 0.3) is 5.91 Å². The molecule has 32 heavy (non-hydrogen) atoms. The second kappa shape index (κ2) is 9.80. The van der Waals surface area contributed by atoms with E-state index in [2.05, 4.69) is 5.32 Å². The molecule has 1 amide bonds. The van der Waals surface area contributed by atoms with Crippen LogP contribution in [-0.2, 0) is 9.53 Å². The van der Waals surface area contributed by atoms with Crippen LogP contribution in [0.1, 0.15) is 39.8 Å². The average Bonchev–Trinajstić information content (AvgIpc) is 3.06. The lowest BCUT2D eigenvalue weighted by Gasteiger charge is -2.10. The van der Waals surface area contributed by atoms with E-state index in [1.54, 1.807) is 37.3 Å². The summed E-state index contributed by atoms with van der Waals surface area (Å²) in [4.78, 5) is 24.5. The Labute approximate surface area is 187 Å². The average molecular weight is 428 g/mol. The van der Waals surface area contributed by atoms with Crippen LogP contribution in [0.15, 0.2) is 60.2 Å². The predicted molar refractivity (Wildman–Crippen MR) is 125 cm³/mol. The highest BCUT2D eigenvalue weighted by Gasteiger charge is 2.15. The normalized spacial score (nSPS) is 11.0. The molecule has 3 rings (SSSR count). The first-order chi connectivity index (χ1) is 15.3. The van der Waals surface area contributed by atoms with Crippen molar-refractivity contribution < 1.29 is 14.3 Å². The molecule has 6 heteroatoms. The van der Waals surface area contributed by atoms with E-state index >= 15 is 0 Å². The van der Waals surface area contributed by atoms with Gasteiger partial charge in [0.2, 0.25) is 0 Å². The molecule has 0 saturated carbocycles. The lowest BCUT2D eigenvalue weighted by atomic mass is 10.1. The number of hydrogen-bond donors (Lipinski definition) is 1. The Morgan fingerprint density at radius 2 is 1.72 bits per heavy atom. The number of carbonyl (C=O) groups excluding carboxylic acids is 2. The van der Waals surface area contributed by atoms with E-state index in [4.69, 9.17) is 4.74 Å². The number of anilines is 1. The van der Waals surface area contributed by atoms with E-state index in [0.717, 1.165) is 28.2 Å². The van der Waals surface area contributed by atoms with Gasteiger partial charge in [-0.1, -0.05) is 17.7 Å². The summed E-state index contributed by atoms with van der Waals surface area (Å²) in [7, 11) is 0. The number of hydrogen-bond acceptors (Lipinski definition) is 4. The van der Waals surface area contributed by atoms with Crippen molar-refractivity contribution >= 4 is 23.6 Å². The third-order valence-corrected chi connectivity index (χ3v) is 5.08. The molecule has 0 saturated heterocycles. The molecule has 1 aromatic heterocycles. The summed E-state index contributed by atoms with van der Waals surface area (Å²) < 4.78 is 7.04. The van der Waals surface area contributed by atoms with Crippen molar-refractivity contribution in [3.63, 3.8) is 0 Å². The first kappa shape index (κ1) is 22.6. The zero-order valence-corrected chi connectivity index (χ0v) is 18.6. The van der Waals surface area contributed by atoms with Gasteiger partial charge in [0.1, 0.15) is 11.6 Å². The van der Waals surface area contributed by atoms with Crippen LogP contribution in [-0.4, -0.2) is 23.1 Å². The summed E-state index contributed by atoms with van der Waals surface area (Å²) in [6.45, 7) is 7.93. The molecule has 0 atom stereocenters. The van der Waals surface area contributed by atoms with E-state index in [0.29, 0.717) is 17.9 Å². The molecule has 1 heterocycles. The van der Waals surface area contributed by atoms with Gasteiger partial charge in [-0.05, 0) is 81.8 Å². The zero-order chi connectivity index (χ0) is 23.3. The molecule has 0 spiro atoms. The molecule has 0 aliphatic rings. The van der Waals surface area contributed by atoms with Gasteiger partial charge >= 0.3 is 5.97 Å².